The SMILES string of the molecule is CCN(c1cccc(F)c1)c1cccc(F)c1CO. The zero-order valence-electron chi connectivity index (χ0n) is 10.6. The molecule has 19 heavy (non-hydrogen) atoms. The van der Waals surface area contributed by atoms with Gasteiger partial charge in [-0.15, -0.1) is 0 Å². The maximum Gasteiger partial charge on any atom is 0.130 e. The minimum Gasteiger partial charge on any atom is -0.391 e. The van der Waals surface area contributed by atoms with Crippen molar-refractivity contribution in [2.24, 2.45) is 0 Å². The number of hydrogen-bond donors (Lipinski definition) is 1. The molecule has 2 nitrogen and oxygen atoms in total. The Morgan fingerprint density at radius 3 is 2.47 bits per heavy atom. The summed E-state index contributed by atoms with van der Waals surface area (Å²) in [6.07, 6.45) is 0. The van der Waals surface area contributed by atoms with Crippen LogP contribution in [0.5, 0.6) is 0 Å². The summed E-state index contributed by atoms with van der Waals surface area (Å²) in [6.45, 7) is 2.03. The van der Waals surface area contributed by atoms with Crippen LogP contribution in [-0.2, 0) is 6.61 Å². The monoisotopic (exact) mass is 263 g/mol. The predicted octanol–water partition coefficient (Wildman–Crippen LogP) is 3.62. The van der Waals surface area contributed by atoms with E-state index in [9.17, 15) is 13.9 Å². The molecular formula is C15H15F2NO. The molecule has 0 unspecified atom stereocenters. The normalized spacial score (nSPS) is 10.5. The van der Waals surface area contributed by atoms with Gasteiger partial charge < -0.3 is 10.0 Å². The molecule has 0 radical (unpaired) electrons. The first-order valence-corrected chi connectivity index (χ1v) is 6.08. The fraction of sp³-hybridized carbons (Fsp3) is 0.200. The molecule has 0 aliphatic rings. The highest BCUT2D eigenvalue weighted by molar-refractivity contribution is 5.66. The molecule has 0 atom stereocenters. The van der Waals surface area contributed by atoms with Crippen LogP contribution in [-0.4, -0.2) is 11.7 Å². The van der Waals surface area contributed by atoms with Gasteiger partial charge >= 0.3 is 0 Å². The number of aliphatic hydroxyl groups is 1. The number of anilines is 2. The molecular weight excluding hydrogens is 248 g/mol. The zero-order chi connectivity index (χ0) is 13.8. The number of hydrogen-bond acceptors (Lipinski definition) is 2. The Balaban J connectivity index is 2.51. The molecule has 4 heteroatoms. The van der Waals surface area contributed by atoms with Crippen LogP contribution in [0.4, 0.5) is 20.2 Å². The molecule has 0 saturated heterocycles. The molecule has 0 saturated carbocycles. The van der Waals surface area contributed by atoms with E-state index < -0.39 is 12.4 Å². The van der Waals surface area contributed by atoms with Crippen molar-refractivity contribution in [3.8, 4) is 0 Å². The van der Waals surface area contributed by atoms with E-state index in [0.29, 0.717) is 17.9 Å². The van der Waals surface area contributed by atoms with Crippen molar-refractivity contribution >= 4 is 11.4 Å². The fourth-order valence-electron chi connectivity index (χ4n) is 2.09. The molecule has 0 bridgehead atoms. The van der Waals surface area contributed by atoms with E-state index in [1.54, 1.807) is 29.2 Å². The predicted molar refractivity (Wildman–Crippen MR) is 71.4 cm³/mol. The van der Waals surface area contributed by atoms with E-state index in [-0.39, 0.29) is 11.4 Å². The third kappa shape index (κ3) is 2.74. The first-order valence-electron chi connectivity index (χ1n) is 6.08. The van der Waals surface area contributed by atoms with Gasteiger partial charge in [-0.2, -0.15) is 0 Å². The van der Waals surface area contributed by atoms with Crippen LogP contribution in [0.15, 0.2) is 42.5 Å². The molecule has 0 amide bonds. The summed E-state index contributed by atoms with van der Waals surface area (Å²) >= 11 is 0. The van der Waals surface area contributed by atoms with Crippen LogP contribution in [0, 0.1) is 11.6 Å². The van der Waals surface area contributed by atoms with E-state index in [1.165, 1.54) is 18.2 Å². The van der Waals surface area contributed by atoms with Crippen molar-refractivity contribution in [2.75, 3.05) is 11.4 Å². The lowest BCUT2D eigenvalue weighted by atomic mass is 10.1. The van der Waals surface area contributed by atoms with Crippen LogP contribution < -0.4 is 4.90 Å². The molecule has 0 aliphatic heterocycles. The van der Waals surface area contributed by atoms with Crippen molar-refractivity contribution in [3.05, 3.63) is 59.7 Å². The maximum atomic E-state index is 13.7. The third-order valence-electron chi connectivity index (χ3n) is 2.98. The summed E-state index contributed by atoms with van der Waals surface area (Å²) < 4.78 is 27.0. The largest absolute Gasteiger partial charge is 0.391 e. The van der Waals surface area contributed by atoms with Gasteiger partial charge in [-0.1, -0.05) is 12.1 Å². The standard InChI is InChI=1S/C15H15F2NO/c1-2-18(12-6-3-5-11(16)9-12)15-8-4-7-14(17)13(15)10-19/h3-9,19H,2,10H2,1H3. The molecule has 2 rings (SSSR count). The minimum absolute atomic E-state index is 0.216. The van der Waals surface area contributed by atoms with Gasteiger partial charge in [-0.25, -0.2) is 8.78 Å². The lowest BCUT2D eigenvalue weighted by Crippen LogP contribution is -2.18. The van der Waals surface area contributed by atoms with Gasteiger partial charge in [0.15, 0.2) is 0 Å². The first kappa shape index (κ1) is 13.5. The van der Waals surface area contributed by atoms with Gasteiger partial charge in [0, 0.05) is 23.5 Å². The van der Waals surface area contributed by atoms with Crippen LogP contribution in [0.25, 0.3) is 0 Å². The van der Waals surface area contributed by atoms with E-state index in [2.05, 4.69) is 0 Å². The Morgan fingerprint density at radius 1 is 1.11 bits per heavy atom. The summed E-state index contributed by atoms with van der Waals surface area (Å²) in [6, 6.07) is 10.7. The van der Waals surface area contributed by atoms with Gasteiger partial charge in [0.25, 0.3) is 0 Å². The Hall–Kier alpha value is -1.94. The van der Waals surface area contributed by atoms with Crippen molar-refractivity contribution in [3.63, 3.8) is 0 Å². The van der Waals surface area contributed by atoms with Gasteiger partial charge in [0.05, 0.1) is 6.61 Å². The number of halogens is 2. The van der Waals surface area contributed by atoms with Crippen molar-refractivity contribution in [1.82, 2.24) is 0 Å². The van der Waals surface area contributed by atoms with E-state index in [1.807, 2.05) is 6.92 Å². The zero-order valence-corrected chi connectivity index (χ0v) is 10.6. The summed E-state index contributed by atoms with van der Waals surface area (Å²) in [5, 5.41) is 9.30. The summed E-state index contributed by atoms with van der Waals surface area (Å²) in [5.41, 5.74) is 1.40. The number of benzene rings is 2. The Morgan fingerprint density at radius 2 is 1.84 bits per heavy atom. The van der Waals surface area contributed by atoms with E-state index in [4.69, 9.17) is 0 Å². The van der Waals surface area contributed by atoms with Gasteiger partial charge in [-0.05, 0) is 37.3 Å². The Bertz CT molecular complexity index is 572. The van der Waals surface area contributed by atoms with Crippen LogP contribution in [0.3, 0.4) is 0 Å². The lowest BCUT2D eigenvalue weighted by molar-refractivity contribution is 0.276. The fourth-order valence-corrected chi connectivity index (χ4v) is 2.09. The molecule has 2 aromatic carbocycles. The molecule has 0 heterocycles. The van der Waals surface area contributed by atoms with Crippen LogP contribution >= 0.6 is 0 Å². The summed E-state index contributed by atoms with van der Waals surface area (Å²) in [5.74, 6) is -0.812. The second-order valence-corrected chi connectivity index (χ2v) is 4.12. The average molecular weight is 263 g/mol. The molecule has 0 aliphatic carbocycles. The molecule has 2 aromatic rings. The number of aliphatic hydroxyl groups excluding tert-OH is 1. The van der Waals surface area contributed by atoms with Crippen molar-refractivity contribution in [1.29, 1.82) is 0 Å². The van der Waals surface area contributed by atoms with Gasteiger partial charge in [0.2, 0.25) is 0 Å². The molecule has 0 spiro atoms. The number of rotatable bonds is 4. The smallest absolute Gasteiger partial charge is 0.130 e. The Labute approximate surface area is 110 Å². The van der Waals surface area contributed by atoms with E-state index >= 15 is 0 Å². The van der Waals surface area contributed by atoms with Gasteiger partial charge in [-0.3, -0.25) is 0 Å². The van der Waals surface area contributed by atoms with Crippen LogP contribution in [0.1, 0.15) is 12.5 Å². The highest BCUT2D eigenvalue weighted by Crippen LogP contribution is 2.30. The Kier molecular flexibility index (Phi) is 4.12. The quantitative estimate of drug-likeness (QED) is 0.910. The number of nitrogens with zero attached hydrogens (tertiary/aromatic N) is 1. The minimum atomic E-state index is -0.463. The summed E-state index contributed by atoms with van der Waals surface area (Å²) in [7, 11) is 0. The summed E-state index contributed by atoms with van der Waals surface area (Å²) in [4.78, 5) is 1.76. The van der Waals surface area contributed by atoms with Crippen LogP contribution in [0.2, 0.25) is 0 Å². The molecule has 100 valence electrons. The maximum absolute atomic E-state index is 13.7. The van der Waals surface area contributed by atoms with E-state index in [0.717, 1.165) is 0 Å². The van der Waals surface area contributed by atoms with Crippen molar-refractivity contribution in [2.45, 2.75) is 13.5 Å². The average Bonchev–Trinajstić information content (AvgIpc) is 2.40. The third-order valence-corrected chi connectivity index (χ3v) is 2.98. The van der Waals surface area contributed by atoms with Crippen molar-refractivity contribution < 1.29 is 13.9 Å². The second kappa shape index (κ2) is 5.80. The molecule has 0 aromatic heterocycles. The molecule has 1 N–H and O–H groups in total. The second-order valence-electron chi connectivity index (χ2n) is 4.12. The highest BCUT2D eigenvalue weighted by atomic mass is 19.1. The molecule has 0 fully saturated rings. The first-order chi connectivity index (χ1) is 9.17. The van der Waals surface area contributed by atoms with Gasteiger partial charge in [0.1, 0.15) is 11.6 Å². The lowest BCUT2D eigenvalue weighted by Gasteiger charge is -2.25. The topological polar surface area (TPSA) is 23.5 Å². The highest BCUT2D eigenvalue weighted by Gasteiger charge is 2.14.